The maximum Gasteiger partial charge on any atom is 0.303 e. The monoisotopic (exact) mass is 277 g/mol. The summed E-state index contributed by atoms with van der Waals surface area (Å²) in [6, 6.07) is 0. The Balaban J connectivity index is 2.19. The van der Waals surface area contributed by atoms with E-state index < -0.39 is 16.0 Å². The minimum Gasteiger partial charge on any atom is -0.481 e. The average molecular weight is 277 g/mol. The van der Waals surface area contributed by atoms with Gasteiger partial charge in [0.2, 0.25) is 10.0 Å². The smallest absolute Gasteiger partial charge is 0.303 e. The number of hydrogen-bond donors (Lipinski definition) is 2. The molecule has 1 aliphatic rings. The number of carboxylic acids is 1. The maximum absolute atomic E-state index is 11.6. The van der Waals surface area contributed by atoms with E-state index in [2.05, 4.69) is 4.72 Å². The average Bonchev–Trinajstić information content (AvgIpc) is 3.05. The Kier molecular flexibility index (Phi) is 6.08. The highest BCUT2D eigenvalue weighted by Crippen LogP contribution is 2.29. The van der Waals surface area contributed by atoms with Crippen LogP contribution in [0.1, 0.15) is 45.4 Å². The summed E-state index contributed by atoms with van der Waals surface area (Å²) in [4.78, 5) is 10.5. The lowest BCUT2D eigenvalue weighted by Crippen LogP contribution is -2.29. The molecular formula is C12H23NO4S. The first-order valence-electron chi connectivity index (χ1n) is 6.62. The van der Waals surface area contributed by atoms with E-state index in [0.717, 1.165) is 19.3 Å². The van der Waals surface area contributed by atoms with Crippen molar-refractivity contribution in [2.24, 2.45) is 11.8 Å². The summed E-state index contributed by atoms with van der Waals surface area (Å²) in [6.07, 6.45) is 4.43. The van der Waals surface area contributed by atoms with E-state index in [9.17, 15) is 13.2 Å². The molecular weight excluding hydrogens is 254 g/mol. The Morgan fingerprint density at radius 3 is 2.56 bits per heavy atom. The van der Waals surface area contributed by atoms with Crippen LogP contribution < -0.4 is 4.72 Å². The van der Waals surface area contributed by atoms with Gasteiger partial charge in [-0.2, -0.15) is 0 Å². The van der Waals surface area contributed by atoms with Crippen LogP contribution in [0.2, 0.25) is 0 Å². The Bertz CT molecular complexity index is 362. The van der Waals surface area contributed by atoms with Crippen molar-refractivity contribution in [1.29, 1.82) is 0 Å². The molecule has 1 rings (SSSR count). The van der Waals surface area contributed by atoms with Gasteiger partial charge in [0.05, 0.1) is 5.75 Å². The van der Waals surface area contributed by atoms with Crippen molar-refractivity contribution in [3.8, 4) is 0 Å². The molecule has 0 aliphatic heterocycles. The summed E-state index contributed by atoms with van der Waals surface area (Å²) in [5.41, 5.74) is 0. The number of carbonyl (C=O) groups is 1. The van der Waals surface area contributed by atoms with Gasteiger partial charge in [-0.25, -0.2) is 13.1 Å². The van der Waals surface area contributed by atoms with Gasteiger partial charge in [-0.3, -0.25) is 4.79 Å². The van der Waals surface area contributed by atoms with Crippen molar-refractivity contribution < 1.29 is 18.3 Å². The van der Waals surface area contributed by atoms with Crippen molar-refractivity contribution >= 4 is 16.0 Å². The number of aliphatic carboxylic acids is 1. The van der Waals surface area contributed by atoms with E-state index in [1.165, 1.54) is 0 Å². The van der Waals surface area contributed by atoms with Crippen LogP contribution in [0.25, 0.3) is 0 Å². The van der Waals surface area contributed by atoms with Crippen LogP contribution in [0.3, 0.4) is 0 Å². The Morgan fingerprint density at radius 1 is 1.39 bits per heavy atom. The minimum atomic E-state index is -3.12. The molecule has 0 aromatic rings. The molecule has 6 heteroatoms. The van der Waals surface area contributed by atoms with Crippen LogP contribution in [0, 0.1) is 11.8 Å². The van der Waals surface area contributed by atoms with E-state index in [4.69, 9.17) is 5.11 Å². The summed E-state index contributed by atoms with van der Waals surface area (Å²) in [7, 11) is -3.12. The number of carboxylic acid groups (broad SMARTS) is 1. The zero-order valence-corrected chi connectivity index (χ0v) is 11.7. The molecule has 1 atom stereocenters. The molecule has 0 saturated heterocycles. The lowest BCUT2D eigenvalue weighted by atomic mass is 9.97. The first-order chi connectivity index (χ1) is 8.43. The van der Waals surface area contributed by atoms with Crippen LogP contribution in [0.15, 0.2) is 0 Å². The molecule has 106 valence electrons. The molecule has 1 aliphatic carbocycles. The van der Waals surface area contributed by atoms with Crippen LogP contribution in [0.4, 0.5) is 0 Å². The molecule has 1 saturated carbocycles. The predicted octanol–water partition coefficient (Wildman–Crippen LogP) is 1.60. The third-order valence-corrected chi connectivity index (χ3v) is 4.92. The molecule has 0 bridgehead atoms. The van der Waals surface area contributed by atoms with Gasteiger partial charge in [-0.1, -0.05) is 13.3 Å². The van der Waals surface area contributed by atoms with Crippen molar-refractivity contribution in [2.45, 2.75) is 45.4 Å². The molecule has 1 unspecified atom stereocenters. The van der Waals surface area contributed by atoms with Gasteiger partial charge in [-0.05, 0) is 37.5 Å². The first kappa shape index (κ1) is 15.4. The normalized spacial score (nSPS) is 17.6. The number of hydrogen-bond acceptors (Lipinski definition) is 3. The number of rotatable bonds is 10. The second kappa shape index (κ2) is 7.09. The van der Waals surface area contributed by atoms with Gasteiger partial charge in [0.1, 0.15) is 0 Å². The molecule has 18 heavy (non-hydrogen) atoms. The quantitative estimate of drug-likeness (QED) is 0.635. The molecule has 0 amide bonds. The highest BCUT2D eigenvalue weighted by molar-refractivity contribution is 7.89. The van der Waals surface area contributed by atoms with Gasteiger partial charge in [0, 0.05) is 13.0 Å². The predicted molar refractivity (Wildman–Crippen MR) is 69.8 cm³/mol. The topological polar surface area (TPSA) is 83.5 Å². The number of sulfonamides is 1. The summed E-state index contributed by atoms with van der Waals surface area (Å²) >= 11 is 0. The second-order valence-electron chi connectivity index (χ2n) is 5.11. The maximum atomic E-state index is 11.6. The zero-order valence-electron chi connectivity index (χ0n) is 10.9. The SMILES string of the molecule is CCC(CCNS(=O)(=O)CC1CC1)CCC(=O)O. The zero-order chi connectivity index (χ0) is 13.6. The summed E-state index contributed by atoms with van der Waals surface area (Å²) in [5.74, 6) is 0.0998. The molecule has 0 aromatic carbocycles. The van der Waals surface area contributed by atoms with Crippen LogP contribution in [-0.2, 0) is 14.8 Å². The molecule has 0 heterocycles. The van der Waals surface area contributed by atoms with Crippen LogP contribution in [0.5, 0.6) is 0 Å². The summed E-state index contributed by atoms with van der Waals surface area (Å²) in [5, 5.41) is 8.61. The van der Waals surface area contributed by atoms with Gasteiger partial charge in [0.25, 0.3) is 0 Å². The number of nitrogens with one attached hydrogen (secondary N) is 1. The fraction of sp³-hybridized carbons (Fsp3) is 0.917. The Hall–Kier alpha value is -0.620. The Labute approximate surface area is 109 Å². The lowest BCUT2D eigenvalue weighted by molar-refractivity contribution is -0.137. The van der Waals surface area contributed by atoms with Gasteiger partial charge >= 0.3 is 5.97 Å². The fourth-order valence-corrected chi connectivity index (χ4v) is 3.45. The van der Waals surface area contributed by atoms with Gasteiger partial charge in [0.15, 0.2) is 0 Å². The van der Waals surface area contributed by atoms with E-state index in [1.54, 1.807) is 0 Å². The van der Waals surface area contributed by atoms with Crippen molar-refractivity contribution in [2.75, 3.05) is 12.3 Å². The minimum absolute atomic E-state index is 0.160. The van der Waals surface area contributed by atoms with E-state index >= 15 is 0 Å². The molecule has 0 aromatic heterocycles. The molecule has 5 nitrogen and oxygen atoms in total. The fourth-order valence-electron chi connectivity index (χ4n) is 1.95. The highest BCUT2D eigenvalue weighted by Gasteiger charge is 2.27. The second-order valence-corrected chi connectivity index (χ2v) is 6.97. The van der Waals surface area contributed by atoms with Gasteiger partial charge < -0.3 is 5.11 Å². The summed E-state index contributed by atoms with van der Waals surface area (Å²) < 4.78 is 25.8. The lowest BCUT2D eigenvalue weighted by Gasteiger charge is -2.14. The van der Waals surface area contributed by atoms with E-state index in [0.29, 0.717) is 25.3 Å². The summed E-state index contributed by atoms with van der Waals surface area (Å²) in [6.45, 7) is 2.43. The third kappa shape index (κ3) is 6.96. The first-order valence-corrected chi connectivity index (χ1v) is 8.27. The van der Waals surface area contributed by atoms with Crippen LogP contribution in [-0.4, -0.2) is 31.8 Å². The van der Waals surface area contributed by atoms with Crippen molar-refractivity contribution in [1.82, 2.24) is 4.72 Å². The Morgan fingerprint density at radius 2 is 2.06 bits per heavy atom. The standard InChI is InChI=1S/C12H23NO4S/c1-2-10(5-6-12(14)15)7-8-13-18(16,17)9-11-3-4-11/h10-11,13H,2-9H2,1H3,(H,14,15). The van der Waals surface area contributed by atoms with E-state index in [1.807, 2.05) is 6.92 Å². The van der Waals surface area contributed by atoms with Gasteiger partial charge in [-0.15, -0.1) is 0 Å². The molecule has 0 radical (unpaired) electrons. The van der Waals surface area contributed by atoms with E-state index in [-0.39, 0.29) is 18.1 Å². The van der Waals surface area contributed by atoms with Crippen molar-refractivity contribution in [3.63, 3.8) is 0 Å². The largest absolute Gasteiger partial charge is 0.481 e. The third-order valence-electron chi connectivity index (χ3n) is 3.37. The van der Waals surface area contributed by atoms with Crippen molar-refractivity contribution in [3.05, 3.63) is 0 Å². The molecule has 0 spiro atoms. The van der Waals surface area contributed by atoms with Crippen LogP contribution >= 0.6 is 0 Å². The molecule has 2 N–H and O–H groups in total. The molecule has 1 fully saturated rings. The highest BCUT2D eigenvalue weighted by atomic mass is 32.2.